The number of fused-ring (bicyclic) bond motifs is 1. The molecule has 0 aliphatic carbocycles. The number of nitrogens with zero attached hydrogens (tertiary/aromatic N) is 1. The van der Waals surface area contributed by atoms with E-state index in [-0.39, 0.29) is 0 Å². The van der Waals surface area contributed by atoms with Gasteiger partial charge in [-0.05, 0) is 11.5 Å². The Morgan fingerprint density at radius 1 is 1.00 bits per heavy atom. The van der Waals surface area contributed by atoms with Gasteiger partial charge in [0, 0.05) is 11.5 Å². The van der Waals surface area contributed by atoms with Crippen molar-refractivity contribution in [2.24, 2.45) is 0 Å². The van der Waals surface area contributed by atoms with E-state index in [0.717, 1.165) is 0 Å². The first-order chi connectivity index (χ1) is 5.36. The standard InChI is InChI=1S/C9H7IN/c10-11-6-5-8-3-1-2-4-9(8)7-11/h1-7H/q+1. The van der Waals surface area contributed by atoms with E-state index >= 15 is 0 Å². The number of hydrogen-bond donors (Lipinski definition) is 0. The summed E-state index contributed by atoms with van der Waals surface area (Å²) in [6.45, 7) is 0. The van der Waals surface area contributed by atoms with Gasteiger partial charge in [-0.15, -0.1) is 2.78 Å². The Balaban J connectivity index is 2.83. The Labute approximate surface area is 79.2 Å². The summed E-state index contributed by atoms with van der Waals surface area (Å²) < 4.78 is 2.03. The van der Waals surface area contributed by atoms with Crippen molar-refractivity contribution >= 4 is 33.6 Å². The van der Waals surface area contributed by atoms with Gasteiger partial charge in [-0.2, -0.15) is 0 Å². The van der Waals surface area contributed by atoms with E-state index in [1.54, 1.807) is 0 Å². The minimum atomic E-state index is 1.28. The predicted molar refractivity (Wildman–Crippen MR) is 53.6 cm³/mol. The molecule has 11 heavy (non-hydrogen) atoms. The molecule has 0 aliphatic heterocycles. The van der Waals surface area contributed by atoms with Crippen molar-refractivity contribution < 1.29 is 2.78 Å². The summed E-state index contributed by atoms with van der Waals surface area (Å²) in [5.41, 5.74) is 0. The second kappa shape index (κ2) is 2.77. The third-order valence-electron chi connectivity index (χ3n) is 1.65. The molecule has 1 aromatic carbocycles. The van der Waals surface area contributed by atoms with E-state index in [2.05, 4.69) is 59.4 Å². The molecular weight excluding hydrogens is 249 g/mol. The lowest BCUT2D eigenvalue weighted by molar-refractivity contribution is -0.438. The number of benzene rings is 1. The molecule has 2 aromatic rings. The molecule has 0 N–H and O–H groups in total. The third kappa shape index (κ3) is 1.35. The normalized spacial score (nSPS) is 10.3. The average molecular weight is 256 g/mol. The van der Waals surface area contributed by atoms with Crippen LogP contribution >= 0.6 is 22.9 Å². The molecule has 1 nitrogen and oxygen atoms in total. The van der Waals surface area contributed by atoms with Gasteiger partial charge in [0.25, 0.3) is 0 Å². The van der Waals surface area contributed by atoms with Crippen LogP contribution in [0.1, 0.15) is 0 Å². The average Bonchev–Trinajstić information content (AvgIpc) is 2.04. The van der Waals surface area contributed by atoms with Crippen LogP contribution in [-0.4, -0.2) is 0 Å². The molecule has 0 aliphatic rings. The van der Waals surface area contributed by atoms with Crippen LogP contribution in [0.15, 0.2) is 42.7 Å². The molecule has 0 spiro atoms. The quantitative estimate of drug-likeness (QED) is 0.637. The molecule has 0 bridgehead atoms. The Bertz CT molecular complexity index is 384. The van der Waals surface area contributed by atoms with Crippen LogP contribution in [0.3, 0.4) is 0 Å². The van der Waals surface area contributed by atoms with Crippen LogP contribution in [0.25, 0.3) is 10.8 Å². The molecule has 54 valence electrons. The number of aromatic nitrogens is 1. The first-order valence-corrected chi connectivity index (χ1v) is 4.39. The summed E-state index contributed by atoms with van der Waals surface area (Å²) >= 11 is 2.24. The zero-order valence-electron chi connectivity index (χ0n) is 5.87. The summed E-state index contributed by atoms with van der Waals surface area (Å²) in [5, 5.41) is 2.57. The lowest BCUT2D eigenvalue weighted by Gasteiger charge is -1.90. The molecule has 0 atom stereocenters. The summed E-state index contributed by atoms with van der Waals surface area (Å²) in [5.74, 6) is 0. The molecule has 0 amide bonds. The highest BCUT2D eigenvalue weighted by atomic mass is 127. The van der Waals surface area contributed by atoms with Crippen molar-refractivity contribution in [3.63, 3.8) is 0 Å². The maximum Gasteiger partial charge on any atom is 0.353 e. The zero-order chi connectivity index (χ0) is 7.68. The third-order valence-corrected chi connectivity index (χ3v) is 2.26. The lowest BCUT2D eigenvalue weighted by atomic mass is 10.2. The van der Waals surface area contributed by atoms with Crippen LogP contribution in [-0.2, 0) is 0 Å². The monoisotopic (exact) mass is 256 g/mol. The van der Waals surface area contributed by atoms with E-state index < -0.39 is 0 Å². The van der Waals surface area contributed by atoms with Crippen LogP contribution in [0.5, 0.6) is 0 Å². The van der Waals surface area contributed by atoms with E-state index in [9.17, 15) is 0 Å². The Morgan fingerprint density at radius 2 is 1.73 bits per heavy atom. The number of halogens is 1. The van der Waals surface area contributed by atoms with Gasteiger partial charge in [-0.25, -0.2) is 0 Å². The summed E-state index contributed by atoms with van der Waals surface area (Å²) in [6.07, 6.45) is 4.15. The minimum Gasteiger partial charge on any atom is -0.143 e. The summed E-state index contributed by atoms with van der Waals surface area (Å²) in [6, 6.07) is 10.5. The maximum absolute atomic E-state index is 2.24. The topological polar surface area (TPSA) is 3.88 Å². The molecular formula is C9H7IN+. The van der Waals surface area contributed by atoms with Crippen molar-refractivity contribution in [1.29, 1.82) is 0 Å². The molecule has 0 fully saturated rings. The Morgan fingerprint density at radius 3 is 2.55 bits per heavy atom. The van der Waals surface area contributed by atoms with E-state index in [1.165, 1.54) is 10.8 Å². The van der Waals surface area contributed by atoms with Gasteiger partial charge in [-0.1, -0.05) is 18.2 Å². The van der Waals surface area contributed by atoms with E-state index in [1.807, 2.05) is 8.98 Å². The number of hydrogen-bond acceptors (Lipinski definition) is 0. The molecule has 1 heterocycles. The molecule has 0 radical (unpaired) electrons. The second-order valence-corrected chi connectivity index (χ2v) is 3.53. The zero-order valence-corrected chi connectivity index (χ0v) is 8.02. The predicted octanol–water partition coefficient (Wildman–Crippen LogP) is 2.33. The lowest BCUT2D eigenvalue weighted by Crippen LogP contribution is -2.15. The van der Waals surface area contributed by atoms with Crippen molar-refractivity contribution in [3.05, 3.63) is 42.7 Å². The van der Waals surface area contributed by atoms with Gasteiger partial charge >= 0.3 is 22.9 Å². The van der Waals surface area contributed by atoms with Gasteiger partial charge in [0.15, 0.2) is 12.4 Å². The Hall–Kier alpha value is -0.640. The Kier molecular flexibility index (Phi) is 1.77. The van der Waals surface area contributed by atoms with Crippen molar-refractivity contribution in [2.45, 2.75) is 0 Å². The highest BCUT2D eigenvalue weighted by molar-refractivity contribution is 14.1. The van der Waals surface area contributed by atoms with Crippen LogP contribution in [0, 0.1) is 0 Å². The first-order valence-electron chi connectivity index (χ1n) is 3.42. The smallest absolute Gasteiger partial charge is 0.143 e. The summed E-state index contributed by atoms with van der Waals surface area (Å²) in [7, 11) is 0. The van der Waals surface area contributed by atoms with Gasteiger partial charge in [-0.3, -0.25) is 0 Å². The molecule has 2 rings (SSSR count). The van der Waals surface area contributed by atoms with E-state index in [4.69, 9.17) is 0 Å². The van der Waals surface area contributed by atoms with Gasteiger partial charge in [0.05, 0.1) is 0 Å². The van der Waals surface area contributed by atoms with Crippen LogP contribution in [0.4, 0.5) is 0 Å². The maximum atomic E-state index is 2.24. The highest BCUT2D eigenvalue weighted by Gasteiger charge is 1.96. The van der Waals surface area contributed by atoms with Gasteiger partial charge in [0.1, 0.15) is 0 Å². The van der Waals surface area contributed by atoms with Gasteiger partial charge in [0.2, 0.25) is 0 Å². The molecule has 0 saturated heterocycles. The van der Waals surface area contributed by atoms with Crippen molar-refractivity contribution in [1.82, 2.24) is 0 Å². The molecule has 1 aromatic heterocycles. The van der Waals surface area contributed by atoms with Crippen molar-refractivity contribution in [3.8, 4) is 0 Å². The SMILES string of the molecule is I[n+]1ccc2ccccc2c1. The fraction of sp³-hybridized carbons (Fsp3) is 0. The fourth-order valence-corrected chi connectivity index (χ4v) is 1.57. The first kappa shape index (κ1) is 7.03. The van der Waals surface area contributed by atoms with Crippen molar-refractivity contribution in [2.75, 3.05) is 0 Å². The molecule has 0 unspecified atom stereocenters. The molecule has 0 saturated carbocycles. The summed E-state index contributed by atoms with van der Waals surface area (Å²) in [4.78, 5) is 0. The molecule has 2 heteroatoms. The fourth-order valence-electron chi connectivity index (χ4n) is 1.11. The number of rotatable bonds is 0. The second-order valence-electron chi connectivity index (χ2n) is 2.42. The number of pyridine rings is 1. The minimum absolute atomic E-state index is 1.28. The largest absolute Gasteiger partial charge is 0.353 e. The van der Waals surface area contributed by atoms with Gasteiger partial charge < -0.3 is 0 Å². The highest BCUT2D eigenvalue weighted by Crippen LogP contribution is 2.09. The van der Waals surface area contributed by atoms with Crippen LogP contribution in [0.2, 0.25) is 0 Å². The van der Waals surface area contributed by atoms with E-state index in [0.29, 0.717) is 0 Å². The van der Waals surface area contributed by atoms with Crippen LogP contribution < -0.4 is 2.78 Å².